The Morgan fingerprint density at radius 1 is 0.727 bits per heavy atom. The summed E-state index contributed by atoms with van der Waals surface area (Å²) in [5.41, 5.74) is 3.56. The Labute approximate surface area is 267 Å². The number of nitrogens with zero attached hydrogens (tertiary/aromatic N) is 1. The lowest BCUT2D eigenvalue weighted by Crippen LogP contribution is -2.30. The average Bonchev–Trinajstić information content (AvgIpc) is 3.34. The number of benzene rings is 2. The van der Waals surface area contributed by atoms with E-state index in [9.17, 15) is 9.59 Å². The highest BCUT2D eigenvalue weighted by Crippen LogP contribution is 2.34. The molecule has 0 fully saturated rings. The van der Waals surface area contributed by atoms with Crippen molar-refractivity contribution >= 4 is 22.8 Å². The molecule has 3 aromatic rings. The largest absolute Gasteiger partial charge is 0.461 e. The predicted molar refractivity (Wildman–Crippen MR) is 184 cm³/mol. The van der Waals surface area contributed by atoms with Crippen LogP contribution in [0.2, 0.25) is 0 Å². The second kappa shape index (κ2) is 20.8. The van der Waals surface area contributed by atoms with Crippen molar-refractivity contribution in [2.45, 2.75) is 135 Å². The van der Waals surface area contributed by atoms with Crippen LogP contribution in [0, 0.1) is 0 Å². The van der Waals surface area contributed by atoms with Gasteiger partial charge < -0.3 is 14.6 Å². The number of esters is 1. The molecular weight excluding hydrogens is 544 g/mol. The third-order valence-corrected chi connectivity index (χ3v) is 8.88. The lowest BCUT2D eigenvalue weighted by Gasteiger charge is -2.21. The smallest absolute Gasteiger partial charge is 0.355 e. The molecule has 1 atom stereocenters. The molecule has 1 heterocycles. The van der Waals surface area contributed by atoms with E-state index in [0.29, 0.717) is 25.1 Å². The van der Waals surface area contributed by atoms with Crippen molar-refractivity contribution in [2.24, 2.45) is 7.05 Å². The van der Waals surface area contributed by atoms with Crippen molar-refractivity contribution in [2.75, 3.05) is 6.61 Å². The fourth-order valence-corrected chi connectivity index (χ4v) is 6.40. The Morgan fingerprint density at radius 2 is 1.27 bits per heavy atom. The lowest BCUT2D eigenvalue weighted by atomic mass is 9.96. The number of unbranched alkanes of at least 4 members (excludes halogenated alkanes) is 14. The third-order valence-electron chi connectivity index (χ3n) is 8.88. The number of carbonyl (C=O) groups is 2. The van der Waals surface area contributed by atoms with Gasteiger partial charge in [0.25, 0.3) is 0 Å². The number of para-hydroxylation sites is 1. The van der Waals surface area contributed by atoms with E-state index in [4.69, 9.17) is 4.74 Å². The molecule has 1 unspecified atom stereocenters. The Balaban J connectivity index is 1.54. The van der Waals surface area contributed by atoms with Crippen LogP contribution in [0.3, 0.4) is 0 Å². The zero-order valence-corrected chi connectivity index (χ0v) is 27.9. The van der Waals surface area contributed by atoms with Gasteiger partial charge in [0.15, 0.2) is 0 Å². The molecule has 0 saturated heterocycles. The first kappa shape index (κ1) is 35.4. The van der Waals surface area contributed by atoms with Gasteiger partial charge in [-0.3, -0.25) is 4.79 Å². The highest BCUT2D eigenvalue weighted by Gasteiger charge is 2.28. The molecule has 44 heavy (non-hydrogen) atoms. The molecule has 5 heteroatoms. The van der Waals surface area contributed by atoms with Crippen LogP contribution in [0.15, 0.2) is 54.6 Å². The van der Waals surface area contributed by atoms with Gasteiger partial charge in [-0.1, -0.05) is 152 Å². The van der Waals surface area contributed by atoms with E-state index >= 15 is 0 Å². The van der Waals surface area contributed by atoms with Gasteiger partial charge in [0.1, 0.15) is 5.69 Å². The maximum absolute atomic E-state index is 13.3. The molecule has 0 bridgehead atoms. The molecule has 0 aliphatic carbocycles. The SMILES string of the molecule is CCCCCCCCCCCCCCCCCC(NC(=O)CCc1ccccc1)c1c(C(=O)OCC)n(C)c2ccccc12. The minimum absolute atomic E-state index is 0.0163. The number of aryl methyl sites for hydroxylation is 2. The molecule has 242 valence electrons. The first-order valence-corrected chi connectivity index (χ1v) is 17.6. The number of nitrogens with one attached hydrogen (secondary N) is 1. The number of aromatic nitrogens is 1. The van der Waals surface area contributed by atoms with E-state index in [0.717, 1.165) is 41.3 Å². The second-order valence-electron chi connectivity index (χ2n) is 12.4. The van der Waals surface area contributed by atoms with Crippen LogP contribution in [0.4, 0.5) is 0 Å². The van der Waals surface area contributed by atoms with Crippen LogP contribution in [-0.2, 0) is 23.0 Å². The summed E-state index contributed by atoms with van der Waals surface area (Å²) in [6, 6.07) is 18.0. The zero-order valence-electron chi connectivity index (χ0n) is 27.9. The highest BCUT2D eigenvalue weighted by atomic mass is 16.5. The zero-order chi connectivity index (χ0) is 31.4. The first-order valence-electron chi connectivity index (χ1n) is 17.6. The molecule has 0 saturated carbocycles. The fourth-order valence-electron chi connectivity index (χ4n) is 6.40. The van der Waals surface area contributed by atoms with Crippen molar-refractivity contribution in [3.8, 4) is 0 Å². The van der Waals surface area contributed by atoms with Gasteiger partial charge in [0, 0.05) is 29.9 Å². The number of ether oxygens (including phenoxy) is 1. The Hall–Kier alpha value is -3.08. The van der Waals surface area contributed by atoms with Crippen molar-refractivity contribution in [1.29, 1.82) is 0 Å². The van der Waals surface area contributed by atoms with Crippen molar-refractivity contribution in [1.82, 2.24) is 9.88 Å². The Bertz CT molecular complexity index is 1230. The van der Waals surface area contributed by atoms with E-state index < -0.39 is 0 Å². The molecule has 0 spiro atoms. The number of carbonyl (C=O) groups excluding carboxylic acids is 2. The van der Waals surface area contributed by atoms with Crippen molar-refractivity contribution < 1.29 is 14.3 Å². The van der Waals surface area contributed by atoms with Gasteiger partial charge in [-0.25, -0.2) is 4.79 Å². The topological polar surface area (TPSA) is 60.3 Å². The van der Waals surface area contributed by atoms with Crippen LogP contribution in [0.5, 0.6) is 0 Å². The van der Waals surface area contributed by atoms with Crippen molar-refractivity contribution in [3.05, 3.63) is 71.4 Å². The van der Waals surface area contributed by atoms with Gasteiger partial charge >= 0.3 is 5.97 Å². The molecule has 2 aromatic carbocycles. The van der Waals surface area contributed by atoms with Gasteiger partial charge in [-0.05, 0) is 31.4 Å². The molecule has 0 aliphatic heterocycles. The number of hydrogen-bond donors (Lipinski definition) is 1. The third kappa shape index (κ3) is 11.8. The van der Waals surface area contributed by atoms with Gasteiger partial charge in [-0.15, -0.1) is 0 Å². The van der Waals surface area contributed by atoms with Crippen molar-refractivity contribution in [3.63, 3.8) is 0 Å². The maximum atomic E-state index is 13.3. The number of fused-ring (bicyclic) bond motifs is 1. The van der Waals surface area contributed by atoms with Crippen LogP contribution in [-0.4, -0.2) is 23.1 Å². The van der Waals surface area contributed by atoms with E-state index in [1.807, 2.05) is 54.9 Å². The summed E-state index contributed by atoms with van der Waals surface area (Å²) in [5.74, 6) is -0.316. The normalized spacial score (nSPS) is 12.0. The summed E-state index contributed by atoms with van der Waals surface area (Å²) >= 11 is 0. The molecule has 1 N–H and O–H groups in total. The second-order valence-corrected chi connectivity index (χ2v) is 12.4. The molecular formula is C39H58N2O3. The number of hydrogen-bond acceptors (Lipinski definition) is 3. The Morgan fingerprint density at radius 3 is 1.86 bits per heavy atom. The van der Waals surface area contributed by atoms with Crippen LogP contribution in [0.1, 0.15) is 151 Å². The van der Waals surface area contributed by atoms with E-state index in [1.54, 1.807) is 0 Å². The van der Waals surface area contributed by atoms with Gasteiger partial charge in [-0.2, -0.15) is 0 Å². The number of rotatable bonds is 23. The minimum Gasteiger partial charge on any atom is -0.461 e. The summed E-state index contributed by atoms with van der Waals surface area (Å²) in [5, 5.41) is 4.34. The van der Waals surface area contributed by atoms with Crippen LogP contribution >= 0.6 is 0 Å². The molecule has 0 aliphatic rings. The Kier molecular flexibility index (Phi) is 16.7. The quantitative estimate of drug-likeness (QED) is 0.0867. The van der Waals surface area contributed by atoms with Crippen LogP contribution in [0.25, 0.3) is 10.9 Å². The molecule has 5 nitrogen and oxygen atoms in total. The number of amides is 1. The molecule has 3 rings (SSSR count). The predicted octanol–water partition coefficient (Wildman–Crippen LogP) is 10.4. The van der Waals surface area contributed by atoms with Gasteiger partial charge in [0.2, 0.25) is 5.91 Å². The highest BCUT2D eigenvalue weighted by molar-refractivity contribution is 5.99. The summed E-state index contributed by atoms with van der Waals surface area (Å²) in [4.78, 5) is 26.5. The molecule has 1 aromatic heterocycles. The average molecular weight is 603 g/mol. The fraction of sp³-hybridized carbons (Fsp3) is 0.590. The van der Waals surface area contributed by atoms with E-state index in [1.165, 1.54) is 83.5 Å². The van der Waals surface area contributed by atoms with Crippen LogP contribution < -0.4 is 5.32 Å². The first-order chi connectivity index (χ1) is 21.6. The molecule has 1 amide bonds. The summed E-state index contributed by atoms with van der Waals surface area (Å²) < 4.78 is 7.43. The summed E-state index contributed by atoms with van der Waals surface area (Å²) in [6.07, 6.45) is 21.7. The van der Waals surface area contributed by atoms with E-state index in [2.05, 4.69) is 30.4 Å². The molecule has 0 radical (unpaired) electrons. The van der Waals surface area contributed by atoms with Gasteiger partial charge in [0.05, 0.1) is 12.6 Å². The lowest BCUT2D eigenvalue weighted by molar-refractivity contribution is -0.121. The maximum Gasteiger partial charge on any atom is 0.355 e. The standard InChI is InChI=1S/C39H58N2O3/c1-4-6-7-8-9-10-11-12-13-14-15-16-17-18-22-28-34(40-36(42)31-30-32-25-20-19-21-26-32)37-33-27-23-24-29-35(33)41(3)38(37)39(43)44-5-2/h19-21,23-27,29,34H,4-18,22,28,30-31H2,1-3H3,(H,40,42). The summed E-state index contributed by atoms with van der Waals surface area (Å²) in [6.45, 7) is 4.42. The summed E-state index contributed by atoms with van der Waals surface area (Å²) in [7, 11) is 1.92. The van der Waals surface area contributed by atoms with E-state index in [-0.39, 0.29) is 17.9 Å². The monoisotopic (exact) mass is 602 g/mol. The minimum atomic E-state index is -0.332.